The number of nitrogens with one attached hydrogen (secondary N) is 1. The van der Waals surface area contributed by atoms with Gasteiger partial charge in [-0.15, -0.1) is 0 Å². The van der Waals surface area contributed by atoms with Crippen molar-refractivity contribution in [3.8, 4) is 11.5 Å². The molecule has 1 aliphatic rings. The molecule has 1 atom stereocenters. The smallest absolute Gasteiger partial charge is 0.334 e. The lowest BCUT2D eigenvalue weighted by Crippen LogP contribution is -2.14. The van der Waals surface area contributed by atoms with Crippen LogP contribution in [0.4, 0.5) is 17.6 Å². The molecule has 0 bridgehead atoms. The van der Waals surface area contributed by atoms with Crippen molar-refractivity contribution in [3.63, 3.8) is 0 Å². The molecule has 1 N–H and O–H groups in total. The maximum Gasteiger partial charge on any atom is 0.416 e. The lowest BCUT2D eigenvalue weighted by Gasteiger charge is -2.07. The minimum absolute atomic E-state index is 0.101. The van der Waals surface area contributed by atoms with E-state index in [1.54, 1.807) is 0 Å². The van der Waals surface area contributed by atoms with Crippen molar-refractivity contribution in [2.24, 2.45) is 0 Å². The van der Waals surface area contributed by atoms with E-state index in [1.807, 2.05) is 0 Å². The standard InChI is InChI=1S/C13H11F4N3O/c14-9-4-3-7(13(15,16)17)6-8(9)12-19-11(20-21-12)10-2-1-5-18-10/h3-4,6,10,18H,1-2,5H2. The highest BCUT2D eigenvalue weighted by molar-refractivity contribution is 5.55. The number of hydrogen-bond donors (Lipinski definition) is 1. The number of hydrogen-bond acceptors (Lipinski definition) is 4. The molecule has 112 valence electrons. The molecule has 1 aromatic heterocycles. The first kappa shape index (κ1) is 14.0. The first-order valence-electron chi connectivity index (χ1n) is 6.39. The Labute approximate surface area is 117 Å². The molecule has 1 unspecified atom stereocenters. The Morgan fingerprint density at radius 2 is 2.10 bits per heavy atom. The second kappa shape index (κ2) is 5.10. The summed E-state index contributed by atoms with van der Waals surface area (Å²) < 4.78 is 56.6. The molecule has 0 amide bonds. The Morgan fingerprint density at radius 1 is 1.29 bits per heavy atom. The van der Waals surface area contributed by atoms with Gasteiger partial charge in [0, 0.05) is 0 Å². The van der Waals surface area contributed by atoms with E-state index in [0.717, 1.165) is 25.5 Å². The number of rotatable bonds is 2. The summed E-state index contributed by atoms with van der Waals surface area (Å²) in [5.41, 5.74) is -1.31. The first-order chi connectivity index (χ1) is 9.95. The summed E-state index contributed by atoms with van der Waals surface area (Å²) in [7, 11) is 0. The fraction of sp³-hybridized carbons (Fsp3) is 0.385. The van der Waals surface area contributed by atoms with Gasteiger partial charge in [0.1, 0.15) is 5.82 Å². The quantitative estimate of drug-likeness (QED) is 0.865. The monoisotopic (exact) mass is 301 g/mol. The molecule has 1 aromatic carbocycles. The SMILES string of the molecule is Fc1ccc(C(F)(F)F)cc1-c1nc(C2CCCN2)no1. The van der Waals surface area contributed by atoms with Crippen LogP contribution < -0.4 is 5.32 Å². The topological polar surface area (TPSA) is 51.0 Å². The zero-order valence-electron chi connectivity index (χ0n) is 10.7. The Bertz CT molecular complexity index is 647. The van der Waals surface area contributed by atoms with Crippen molar-refractivity contribution in [1.82, 2.24) is 15.5 Å². The molecule has 3 rings (SSSR count). The minimum Gasteiger partial charge on any atom is -0.334 e. The predicted octanol–water partition coefficient (Wildman–Crippen LogP) is 3.32. The third kappa shape index (κ3) is 2.76. The Balaban J connectivity index is 1.96. The Kier molecular flexibility index (Phi) is 3.40. The van der Waals surface area contributed by atoms with Crippen molar-refractivity contribution in [2.45, 2.75) is 25.1 Å². The average Bonchev–Trinajstić information content (AvgIpc) is 3.09. The minimum atomic E-state index is -4.56. The van der Waals surface area contributed by atoms with Crippen LogP contribution >= 0.6 is 0 Å². The lowest BCUT2D eigenvalue weighted by atomic mass is 10.1. The van der Waals surface area contributed by atoms with Crippen LogP contribution in [-0.4, -0.2) is 16.7 Å². The maximum atomic E-state index is 13.7. The van der Waals surface area contributed by atoms with Crippen molar-refractivity contribution in [1.29, 1.82) is 0 Å². The van der Waals surface area contributed by atoms with Crippen LogP contribution in [0.2, 0.25) is 0 Å². The number of alkyl halides is 3. The van der Waals surface area contributed by atoms with Crippen molar-refractivity contribution in [3.05, 3.63) is 35.4 Å². The van der Waals surface area contributed by atoms with E-state index in [-0.39, 0.29) is 17.5 Å². The van der Waals surface area contributed by atoms with Gasteiger partial charge >= 0.3 is 6.18 Å². The number of aromatic nitrogens is 2. The van der Waals surface area contributed by atoms with Gasteiger partial charge in [0.15, 0.2) is 5.82 Å². The average molecular weight is 301 g/mol. The van der Waals surface area contributed by atoms with Crippen LogP contribution in [-0.2, 0) is 6.18 Å². The number of halogens is 4. The third-order valence-corrected chi connectivity index (χ3v) is 3.34. The van der Waals surface area contributed by atoms with E-state index >= 15 is 0 Å². The van der Waals surface area contributed by atoms with Crippen molar-refractivity contribution in [2.75, 3.05) is 6.54 Å². The molecule has 0 spiro atoms. The van der Waals surface area contributed by atoms with E-state index < -0.39 is 17.6 Å². The lowest BCUT2D eigenvalue weighted by molar-refractivity contribution is -0.137. The second-order valence-electron chi connectivity index (χ2n) is 4.80. The molecule has 2 heterocycles. The summed E-state index contributed by atoms with van der Waals surface area (Å²) in [6.07, 6.45) is -2.80. The summed E-state index contributed by atoms with van der Waals surface area (Å²) >= 11 is 0. The highest BCUT2D eigenvalue weighted by atomic mass is 19.4. The molecule has 4 nitrogen and oxygen atoms in total. The predicted molar refractivity (Wildman–Crippen MR) is 64.7 cm³/mol. The molecule has 0 radical (unpaired) electrons. The van der Waals surface area contributed by atoms with Crippen molar-refractivity contribution >= 4 is 0 Å². The normalized spacial score (nSPS) is 19.1. The van der Waals surface area contributed by atoms with Gasteiger partial charge in [-0.25, -0.2) is 4.39 Å². The summed E-state index contributed by atoms with van der Waals surface area (Å²) in [5.74, 6) is -0.751. The van der Waals surface area contributed by atoms with Crippen LogP contribution in [0.3, 0.4) is 0 Å². The van der Waals surface area contributed by atoms with Crippen LogP contribution in [0.15, 0.2) is 22.7 Å². The molecule has 1 fully saturated rings. The fourth-order valence-corrected chi connectivity index (χ4v) is 2.26. The van der Waals surface area contributed by atoms with Crippen LogP contribution in [0.25, 0.3) is 11.5 Å². The summed E-state index contributed by atoms with van der Waals surface area (Å²) in [5, 5.41) is 6.84. The highest BCUT2D eigenvalue weighted by Crippen LogP contribution is 2.33. The number of benzene rings is 1. The van der Waals surface area contributed by atoms with Gasteiger partial charge in [-0.1, -0.05) is 5.16 Å². The van der Waals surface area contributed by atoms with Gasteiger partial charge in [-0.3, -0.25) is 0 Å². The zero-order valence-corrected chi connectivity index (χ0v) is 10.7. The van der Waals surface area contributed by atoms with Gasteiger partial charge in [0.25, 0.3) is 5.89 Å². The van der Waals surface area contributed by atoms with Gasteiger partial charge in [-0.05, 0) is 37.6 Å². The van der Waals surface area contributed by atoms with Gasteiger partial charge in [0.2, 0.25) is 0 Å². The highest BCUT2D eigenvalue weighted by Gasteiger charge is 2.32. The van der Waals surface area contributed by atoms with E-state index in [4.69, 9.17) is 4.52 Å². The van der Waals surface area contributed by atoms with E-state index in [0.29, 0.717) is 18.0 Å². The van der Waals surface area contributed by atoms with E-state index in [9.17, 15) is 17.6 Å². The first-order valence-corrected chi connectivity index (χ1v) is 6.39. The Morgan fingerprint density at radius 3 is 2.76 bits per heavy atom. The van der Waals surface area contributed by atoms with E-state index in [1.165, 1.54) is 0 Å². The van der Waals surface area contributed by atoms with E-state index in [2.05, 4.69) is 15.5 Å². The van der Waals surface area contributed by atoms with Crippen LogP contribution in [0, 0.1) is 5.82 Å². The van der Waals surface area contributed by atoms with Gasteiger partial charge in [-0.2, -0.15) is 18.2 Å². The maximum absolute atomic E-state index is 13.7. The molecule has 8 heteroatoms. The van der Waals surface area contributed by atoms with Gasteiger partial charge in [0.05, 0.1) is 17.2 Å². The van der Waals surface area contributed by atoms with Gasteiger partial charge < -0.3 is 9.84 Å². The molecule has 21 heavy (non-hydrogen) atoms. The molecule has 1 aliphatic heterocycles. The molecule has 0 aliphatic carbocycles. The van der Waals surface area contributed by atoms with Crippen LogP contribution in [0.1, 0.15) is 30.3 Å². The van der Waals surface area contributed by atoms with Crippen LogP contribution in [0.5, 0.6) is 0 Å². The molecular formula is C13H11F4N3O. The second-order valence-corrected chi connectivity index (χ2v) is 4.80. The fourth-order valence-electron chi connectivity index (χ4n) is 2.26. The summed E-state index contributed by atoms with van der Waals surface area (Å²) in [6.45, 7) is 0.812. The number of nitrogens with zero attached hydrogens (tertiary/aromatic N) is 2. The summed E-state index contributed by atoms with van der Waals surface area (Å²) in [4.78, 5) is 4.00. The molecule has 1 saturated heterocycles. The zero-order chi connectivity index (χ0) is 15.0. The van der Waals surface area contributed by atoms with Crippen molar-refractivity contribution < 1.29 is 22.1 Å². The Hall–Kier alpha value is -1.96. The molecule has 2 aromatic rings. The molecule has 0 saturated carbocycles. The largest absolute Gasteiger partial charge is 0.416 e. The summed E-state index contributed by atoms with van der Waals surface area (Å²) in [6, 6.07) is 2.00. The third-order valence-electron chi connectivity index (χ3n) is 3.34. The molecular weight excluding hydrogens is 290 g/mol.